The molecular formula is C14H30N2O. The minimum Gasteiger partial charge on any atom is -0.394 e. The van der Waals surface area contributed by atoms with Gasteiger partial charge < -0.3 is 15.3 Å². The number of rotatable bonds is 8. The second-order valence-electron chi connectivity index (χ2n) is 5.62. The van der Waals surface area contributed by atoms with Gasteiger partial charge in [0, 0.05) is 12.1 Å². The Morgan fingerprint density at radius 1 is 1.41 bits per heavy atom. The van der Waals surface area contributed by atoms with Crippen LogP contribution in [0.5, 0.6) is 0 Å². The van der Waals surface area contributed by atoms with Crippen molar-refractivity contribution in [1.82, 2.24) is 10.2 Å². The maximum Gasteiger partial charge on any atom is 0.0613 e. The van der Waals surface area contributed by atoms with Gasteiger partial charge in [-0.1, -0.05) is 20.8 Å². The molecule has 102 valence electrons. The van der Waals surface area contributed by atoms with Crippen LogP contribution < -0.4 is 5.32 Å². The standard InChI is InChI=1S/C14H30N2O/c1-4-14(12-17,15-5-2)8-6-9-16-10-7-13(3)11-16/h13,15,17H,4-12H2,1-3H3. The van der Waals surface area contributed by atoms with Crippen molar-refractivity contribution in [2.75, 3.05) is 32.8 Å². The first-order chi connectivity index (χ1) is 8.15. The lowest BCUT2D eigenvalue weighted by Gasteiger charge is -2.32. The van der Waals surface area contributed by atoms with Crippen molar-refractivity contribution >= 4 is 0 Å². The summed E-state index contributed by atoms with van der Waals surface area (Å²) in [5.74, 6) is 0.873. The van der Waals surface area contributed by atoms with E-state index in [1.165, 1.54) is 32.5 Å². The maximum absolute atomic E-state index is 9.57. The minimum absolute atomic E-state index is 0.0416. The highest BCUT2D eigenvalue weighted by Gasteiger charge is 2.26. The lowest BCUT2D eigenvalue weighted by Crippen LogP contribution is -2.48. The molecule has 0 spiro atoms. The van der Waals surface area contributed by atoms with Gasteiger partial charge in [0.25, 0.3) is 0 Å². The molecule has 17 heavy (non-hydrogen) atoms. The molecule has 2 atom stereocenters. The number of likely N-dealkylation sites (tertiary alicyclic amines) is 1. The zero-order chi connectivity index (χ0) is 12.7. The number of aliphatic hydroxyl groups excluding tert-OH is 1. The quantitative estimate of drug-likeness (QED) is 0.682. The zero-order valence-electron chi connectivity index (χ0n) is 11.8. The van der Waals surface area contributed by atoms with Crippen molar-refractivity contribution < 1.29 is 5.11 Å². The van der Waals surface area contributed by atoms with Crippen molar-refractivity contribution in [2.24, 2.45) is 5.92 Å². The topological polar surface area (TPSA) is 35.5 Å². The zero-order valence-corrected chi connectivity index (χ0v) is 11.8. The third-order valence-electron chi connectivity index (χ3n) is 4.17. The maximum atomic E-state index is 9.57. The number of hydrogen-bond acceptors (Lipinski definition) is 3. The summed E-state index contributed by atoms with van der Waals surface area (Å²) in [6.07, 6.45) is 4.63. The van der Waals surface area contributed by atoms with Crippen LogP contribution in [0.25, 0.3) is 0 Å². The van der Waals surface area contributed by atoms with E-state index in [1.807, 2.05) is 0 Å². The normalized spacial score (nSPS) is 25.1. The van der Waals surface area contributed by atoms with Gasteiger partial charge in [0.2, 0.25) is 0 Å². The third kappa shape index (κ3) is 4.57. The van der Waals surface area contributed by atoms with Crippen LogP contribution in [-0.2, 0) is 0 Å². The molecule has 0 aromatic rings. The highest BCUT2D eigenvalue weighted by Crippen LogP contribution is 2.20. The van der Waals surface area contributed by atoms with Crippen LogP contribution in [0.2, 0.25) is 0 Å². The van der Waals surface area contributed by atoms with E-state index in [9.17, 15) is 5.11 Å². The van der Waals surface area contributed by atoms with Crippen molar-refractivity contribution in [1.29, 1.82) is 0 Å². The Hall–Kier alpha value is -0.120. The van der Waals surface area contributed by atoms with Gasteiger partial charge in [0.1, 0.15) is 0 Å². The Morgan fingerprint density at radius 2 is 2.18 bits per heavy atom. The molecule has 0 saturated carbocycles. The molecule has 1 saturated heterocycles. The first-order valence-electron chi connectivity index (χ1n) is 7.24. The smallest absolute Gasteiger partial charge is 0.0613 e. The molecular weight excluding hydrogens is 212 g/mol. The average Bonchev–Trinajstić information content (AvgIpc) is 2.74. The van der Waals surface area contributed by atoms with E-state index in [0.717, 1.165) is 25.3 Å². The minimum atomic E-state index is -0.0416. The molecule has 0 radical (unpaired) electrons. The Bertz CT molecular complexity index is 204. The predicted octanol–water partition coefficient (Wildman–Crippen LogP) is 1.86. The van der Waals surface area contributed by atoms with Crippen LogP contribution in [0, 0.1) is 5.92 Å². The molecule has 1 aliphatic heterocycles. The van der Waals surface area contributed by atoms with Gasteiger partial charge in [-0.15, -0.1) is 0 Å². The first-order valence-corrected chi connectivity index (χ1v) is 7.24. The summed E-state index contributed by atoms with van der Waals surface area (Å²) in [4.78, 5) is 2.56. The summed E-state index contributed by atoms with van der Waals surface area (Å²) in [6.45, 7) is 11.5. The summed E-state index contributed by atoms with van der Waals surface area (Å²) in [6, 6.07) is 0. The number of nitrogens with zero attached hydrogens (tertiary/aromatic N) is 1. The molecule has 0 bridgehead atoms. The molecule has 0 amide bonds. The SMILES string of the molecule is CCNC(CC)(CO)CCCN1CCC(C)C1. The van der Waals surface area contributed by atoms with Crippen LogP contribution in [-0.4, -0.2) is 48.3 Å². The summed E-state index contributed by atoms with van der Waals surface area (Å²) >= 11 is 0. The highest BCUT2D eigenvalue weighted by molar-refractivity contribution is 4.86. The lowest BCUT2D eigenvalue weighted by atomic mass is 9.91. The Balaban J connectivity index is 2.26. The van der Waals surface area contributed by atoms with Gasteiger partial charge in [-0.25, -0.2) is 0 Å². The Labute approximate surface area is 107 Å². The van der Waals surface area contributed by atoms with Crippen LogP contribution in [0.1, 0.15) is 46.5 Å². The summed E-state index contributed by atoms with van der Waals surface area (Å²) in [7, 11) is 0. The van der Waals surface area contributed by atoms with E-state index in [-0.39, 0.29) is 12.1 Å². The summed E-state index contributed by atoms with van der Waals surface area (Å²) in [5.41, 5.74) is -0.0416. The first kappa shape index (κ1) is 14.9. The van der Waals surface area contributed by atoms with Gasteiger partial charge in [-0.05, 0) is 51.2 Å². The monoisotopic (exact) mass is 242 g/mol. The number of likely N-dealkylation sites (N-methyl/N-ethyl adjacent to an activating group) is 1. The summed E-state index contributed by atoms with van der Waals surface area (Å²) in [5, 5.41) is 13.0. The molecule has 2 N–H and O–H groups in total. The Kier molecular flexibility index (Phi) is 6.45. The largest absolute Gasteiger partial charge is 0.394 e. The van der Waals surface area contributed by atoms with Crippen LogP contribution in [0.15, 0.2) is 0 Å². The van der Waals surface area contributed by atoms with Crippen LogP contribution >= 0.6 is 0 Å². The van der Waals surface area contributed by atoms with E-state index in [4.69, 9.17) is 0 Å². The highest BCUT2D eigenvalue weighted by atomic mass is 16.3. The van der Waals surface area contributed by atoms with Gasteiger partial charge in [0.15, 0.2) is 0 Å². The van der Waals surface area contributed by atoms with Crippen LogP contribution in [0.3, 0.4) is 0 Å². The van der Waals surface area contributed by atoms with E-state index >= 15 is 0 Å². The van der Waals surface area contributed by atoms with Gasteiger partial charge in [0.05, 0.1) is 6.61 Å². The second kappa shape index (κ2) is 7.34. The third-order valence-corrected chi connectivity index (χ3v) is 4.17. The molecule has 2 unspecified atom stereocenters. The second-order valence-corrected chi connectivity index (χ2v) is 5.62. The molecule has 0 aliphatic carbocycles. The number of hydrogen-bond donors (Lipinski definition) is 2. The molecule has 1 rings (SSSR count). The predicted molar refractivity (Wildman–Crippen MR) is 73.2 cm³/mol. The number of aliphatic hydroxyl groups is 1. The molecule has 0 aromatic carbocycles. The van der Waals surface area contributed by atoms with E-state index in [0.29, 0.717) is 0 Å². The van der Waals surface area contributed by atoms with E-state index in [1.54, 1.807) is 0 Å². The van der Waals surface area contributed by atoms with Crippen molar-refractivity contribution in [3.05, 3.63) is 0 Å². The molecule has 1 aliphatic rings. The van der Waals surface area contributed by atoms with Crippen LogP contribution in [0.4, 0.5) is 0 Å². The molecule has 0 aromatic heterocycles. The Morgan fingerprint density at radius 3 is 2.65 bits per heavy atom. The van der Waals surface area contributed by atoms with E-state index in [2.05, 4.69) is 31.0 Å². The molecule has 1 fully saturated rings. The van der Waals surface area contributed by atoms with E-state index < -0.39 is 0 Å². The lowest BCUT2D eigenvalue weighted by molar-refractivity contribution is 0.141. The van der Waals surface area contributed by atoms with Crippen molar-refractivity contribution in [3.8, 4) is 0 Å². The van der Waals surface area contributed by atoms with Crippen molar-refractivity contribution in [2.45, 2.75) is 52.0 Å². The fourth-order valence-corrected chi connectivity index (χ4v) is 2.88. The fourth-order valence-electron chi connectivity index (χ4n) is 2.88. The van der Waals surface area contributed by atoms with Crippen molar-refractivity contribution in [3.63, 3.8) is 0 Å². The fraction of sp³-hybridized carbons (Fsp3) is 1.00. The molecule has 3 heteroatoms. The van der Waals surface area contributed by atoms with Gasteiger partial charge >= 0.3 is 0 Å². The summed E-state index contributed by atoms with van der Waals surface area (Å²) < 4.78 is 0. The van der Waals surface area contributed by atoms with Gasteiger partial charge in [-0.3, -0.25) is 0 Å². The molecule has 1 heterocycles. The number of nitrogens with one attached hydrogen (secondary N) is 1. The average molecular weight is 242 g/mol. The molecule has 3 nitrogen and oxygen atoms in total. The van der Waals surface area contributed by atoms with Gasteiger partial charge in [-0.2, -0.15) is 0 Å².